The molecule has 0 radical (unpaired) electrons. The minimum absolute atomic E-state index is 0.464. The first-order valence-electron chi connectivity index (χ1n) is 4.27. The Hall–Kier alpha value is -0.910. The molecular formula is C9H18O5. The van der Waals surface area contributed by atoms with Gasteiger partial charge in [0.1, 0.15) is 0 Å². The Morgan fingerprint density at radius 3 is 2.36 bits per heavy atom. The van der Waals surface area contributed by atoms with E-state index in [9.17, 15) is 4.79 Å². The summed E-state index contributed by atoms with van der Waals surface area (Å²) >= 11 is 0. The van der Waals surface area contributed by atoms with E-state index in [-0.39, 0.29) is 0 Å². The van der Waals surface area contributed by atoms with Crippen molar-refractivity contribution in [2.45, 2.75) is 20.1 Å². The van der Waals surface area contributed by atoms with Gasteiger partial charge in [0, 0.05) is 12.7 Å². The Balaban J connectivity index is 0. The van der Waals surface area contributed by atoms with E-state index in [1.165, 1.54) is 0 Å². The third-order valence-corrected chi connectivity index (χ3v) is 0.965. The zero-order valence-corrected chi connectivity index (χ0v) is 8.60. The molecule has 0 aromatic carbocycles. The van der Waals surface area contributed by atoms with E-state index in [0.717, 1.165) is 6.08 Å². The van der Waals surface area contributed by atoms with E-state index in [4.69, 9.17) is 19.7 Å². The van der Waals surface area contributed by atoms with Crippen molar-refractivity contribution < 1.29 is 24.5 Å². The van der Waals surface area contributed by atoms with E-state index in [1.807, 2.05) is 6.92 Å². The summed E-state index contributed by atoms with van der Waals surface area (Å²) in [4.78, 5) is 9.25. The van der Waals surface area contributed by atoms with Crippen LogP contribution in [0.3, 0.4) is 0 Å². The van der Waals surface area contributed by atoms with Crippen molar-refractivity contribution in [1.82, 2.24) is 0 Å². The highest BCUT2D eigenvalue weighted by Gasteiger charge is 1.91. The van der Waals surface area contributed by atoms with Gasteiger partial charge in [-0.2, -0.15) is 0 Å². The molecule has 0 aromatic rings. The molecule has 1 atom stereocenters. The molecule has 0 saturated heterocycles. The average molecular weight is 206 g/mol. The molecule has 0 aliphatic rings. The molecule has 0 saturated carbocycles. The largest absolute Gasteiger partial charge is 0.478 e. The maximum absolute atomic E-state index is 9.25. The van der Waals surface area contributed by atoms with Crippen LogP contribution in [-0.2, 0) is 14.3 Å². The van der Waals surface area contributed by atoms with Gasteiger partial charge >= 0.3 is 5.97 Å². The number of hydrogen-bond acceptors (Lipinski definition) is 4. The first-order chi connectivity index (χ1) is 6.54. The summed E-state index contributed by atoms with van der Waals surface area (Å²) in [6, 6.07) is 0. The van der Waals surface area contributed by atoms with Crippen molar-refractivity contribution in [3.05, 3.63) is 12.7 Å². The monoisotopic (exact) mass is 206 g/mol. The Labute approximate surface area is 84.0 Å². The molecule has 0 fully saturated rings. The second-order valence-electron chi connectivity index (χ2n) is 2.21. The number of aliphatic hydroxyl groups is 1. The summed E-state index contributed by atoms with van der Waals surface area (Å²) < 4.78 is 9.72. The van der Waals surface area contributed by atoms with Crippen molar-refractivity contribution in [2.75, 3.05) is 19.8 Å². The van der Waals surface area contributed by atoms with Gasteiger partial charge in [0.2, 0.25) is 0 Å². The average Bonchev–Trinajstić information content (AvgIpc) is 2.13. The molecule has 0 amide bonds. The Morgan fingerprint density at radius 2 is 2.07 bits per heavy atom. The molecule has 5 heteroatoms. The van der Waals surface area contributed by atoms with Crippen LogP contribution in [0.1, 0.15) is 13.8 Å². The van der Waals surface area contributed by atoms with Crippen LogP contribution in [-0.4, -0.2) is 42.3 Å². The summed E-state index contributed by atoms with van der Waals surface area (Å²) in [6.45, 7) is 8.17. The normalized spacial score (nSPS) is 11.1. The lowest BCUT2D eigenvalue weighted by Gasteiger charge is -2.05. The topological polar surface area (TPSA) is 76.0 Å². The minimum atomic E-state index is -0.981. The summed E-state index contributed by atoms with van der Waals surface area (Å²) in [6.07, 6.45) is 0.158. The van der Waals surface area contributed by atoms with E-state index in [1.54, 1.807) is 6.92 Å². The van der Waals surface area contributed by atoms with Crippen molar-refractivity contribution in [3.8, 4) is 0 Å². The van der Waals surface area contributed by atoms with Gasteiger partial charge in [0.05, 0.1) is 13.2 Å². The standard InChI is InChI=1S/C6H14O3.C3H4O2/c1-3-8-4-5-9-6(2)7;1-2-3(4)5/h6-7H,3-5H2,1-2H3;2H,1H2,(H,4,5). The number of ether oxygens (including phenoxy) is 2. The van der Waals surface area contributed by atoms with Crippen LogP contribution in [0.4, 0.5) is 0 Å². The Bertz CT molecular complexity index is 144. The first-order valence-corrected chi connectivity index (χ1v) is 4.27. The van der Waals surface area contributed by atoms with E-state index in [2.05, 4.69) is 6.58 Å². The number of carboxylic acid groups (broad SMARTS) is 1. The Kier molecular flexibility index (Phi) is 13.4. The predicted molar refractivity (Wildman–Crippen MR) is 52.0 cm³/mol. The molecule has 0 aliphatic heterocycles. The fourth-order valence-corrected chi connectivity index (χ4v) is 0.422. The second-order valence-corrected chi connectivity index (χ2v) is 2.21. The van der Waals surface area contributed by atoms with Crippen LogP contribution in [0, 0.1) is 0 Å². The van der Waals surface area contributed by atoms with Crippen molar-refractivity contribution >= 4 is 5.97 Å². The molecular weight excluding hydrogens is 188 g/mol. The highest BCUT2D eigenvalue weighted by Crippen LogP contribution is 1.83. The van der Waals surface area contributed by atoms with Gasteiger partial charge in [-0.05, 0) is 13.8 Å². The number of rotatable bonds is 6. The third-order valence-electron chi connectivity index (χ3n) is 0.965. The lowest BCUT2D eigenvalue weighted by atomic mass is 10.7. The molecule has 1 unspecified atom stereocenters. The molecule has 0 aliphatic carbocycles. The van der Waals surface area contributed by atoms with Crippen molar-refractivity contribution in [1.29, 1.82) is 0 Å². The van der Waals surface area contributed by atoms with Crippen molar-refractivity contribution in [2.24, 2.45) is 0 Å². The summed E-state index contributed by atoms with van der Waals surface area (Å²) in [5, 5.41) is 16.2. The maximum Gasteiger partial charge on any atom is 0.327 e. The summed E-state index contributed by atoms with van der Waals surface area (Å²) in [7, 11) is 0. The summed E-state index contributed by atoms with van der Waals surface area (Å²) in [5.41, 5.74) is 0. The van der Waals surface area contributed by atoms with Crippen molar-refractivity contribution in [3.63, 3.8) is 0 Å². The quantitative estimate of drug-likeness (QED) is 0.379. The number of hydrogen-bond donors (Lipinski definition) is 2. The van der Waals surface area contributed by atoms with E-state index in [0.29, 0.717) is 19.8 Å². The predicted octanol–water partition coefficient (Wildman–Crippen LogP) is 0.635. The highest BCUT2D eigenvalue weighted by molar-refractivity contribution is 5.78. The van der Waals surface area contributed by atoms with Crippen LogP contribution in [0.5, 0.6) is 0 Å². The van der Waals surface area contributed by atoms with Gasteiger partial charge in [-0.3, -0.25) is 0 Å². The molecule has 14 heavy (non-hydrogen) atoms. The van der Waals surface area contributed by atoms with Gasteiger partial charge in [0.15, 0.2) is 6.29 Å². The fourth-order valence-electron chi connectivity index (χ4n) is 0.422. The first kappa shape index (κ1) is 15.6. The number of carbonyl (C=O) groups is 1. The van der Waals surface area contributed by atoms with Gasteiger partial charge < -0.3 is 19.7 Å². The molecule has 2 N–H and O–H groups in total. The zero-order chi connectivity index (χ0) is 11.4. The van der Waals surface area contributed by atoms with Crippen LogP contribution >= 0.6 is 0 Å². The fraction of sp³-hybridized carbons (Fsp3) is 0.667. The molecule has 0 spiro atoms. The van der Waals surface area contributed by atoms with Crippen LogP contribution in [0.15, 0.2) is 12.7 Å². The highest BCUT2D eigenvalue weighted by atomic mass is 16.6. The minimum Gasteiger partial charge on any atom is -0.478 e. The van der Waals surface area contributed by atoms with Gasteiger partial charge in [0.25, 0.3) is 0 Å². The molecule has 0 bridgehead atoms. The number of aliphatic hydroxyl groups excluding tert-OH is 1. The van der Waals surface area contributed by atoms with E-state index < -0.39 is 12.3 Å². The number of aliphatic carboxylic acids is 1. The Morgan fingerprint density at radius 1 is 1.57 bits per heavy atom. The van der Waals surface area contributed by atoms with Gasteiger partial charge in [-0.25, -0.2) is 4.79 Å². The number of carboxylic acids is 1. The van der Waals surface area contributed by atoms with Crippen LogP contribution < -0.4 is 0 Å². The van der Waals surface area contributed by atoms with Crippen LogP contribution in [0.2, 0.25) is 0 Å². The molecule has 5 nitrogen and oxygen atoms in total. The smallest absolute Gasteiger partial charge is 0.327 e. The van der Waals surface area contributed by atoms with Gasteiger partial charge in [-0.15, -0.1) is 0 Å². The molecule has 84 valence electrons. The molecule has 0 rings (SSSR count). The summed E-state index contributed by atoms with van der Waals surface area (Å²) in [5.74, 6) is -0.981. The SMILES string of the molecule is C=CC(=O)O.CCOCCOC(C)O. The van der Waals surface area contributed by atoms with Gasteiger partial charge in [-0.1, -0.05) is 6.58 Å². The lowest BCUT2D eigenvalue weighted by molar-refractivity contribution is -0.131. The van der Waals surface area contributed by atoms with Crippen LogP contribution in [0.25, 0.3) is 0 Å². The maximum atomic E-state index is 9.25. The second kappa shape index (κ2) is 12.1. The molecule has 0 aromatic heterocycles. The molecule has 0 heterocycles. The van der Waals surface area contributed by atoms with E-state index >= 15 is 0 Å². The lowest BCUT2D eigenvalue weighted by Crippen LogP contribution is -2.11. The zero-order valence-electron chi connectivity index (χ0n) is 8.60. The third kappa shape index (κ3) is 22.5.